The second-order valence-corrected chi connectivity index (χ2v) is 5.42. The predicted octanol–water partition coefficient (Wildman–Crippen LogP) is 3.10. The molecule has 0 unspecified atom stereocenters. The third-order valence-corrected chi connectivity index (χ3v) is 4.10. The molecule has 6 heteroatoms. The van der Waals surface area contributed by atoms with E-state index in [9.17, 15) is 9.59 Å². The van der Waals surface area contributed by atoms with Gasteiger partial charge in [-0.15, -0.1) is 0 Å². The summed E-state index contributed by atoms with van der Waals surface area (Å²) in [6.07, 6.45) is 0. The second kappa shape index (κ2) is 5.20. The summed E-state index contributed by atoms with van der Waals surface area (Å²) >= 11 is 7.01. The van der Waals surface area contributed by atoms with Crippen molar-refractivity contribution in [2.24, 2.45) is 0 Å². The molecule has 1 saturated heterocycles. The molecule has 1 atom stereocenters. The van der Waals surface area contributed by atoms with Gasteiger partial charge in [0, 0.05) is 17.3 Å². The Hall–Kier alpha value is -1.20. The van der Waals surface area contributed by atoms with E-state index in [0.29, 0.717) is 11.6 Å². The molecule has 1 aromatic rings. The summed E-state index contributed by atoms with van der Waals surface area (Å²) in [6.45, 7) is 4.09. The normalized spacial score (nSPS) is 19.5. The minimum Gasteiger partial charge on any atom is -0.365 e. The van der Waals surface area contributed by atoms with Crippen LogP contribution >= 0.6 is 23.4 Å². The van der Waals surface area contributed by atoms with Crippen LogP contribution in [0.2, 0.25) is 5.02 Å². The standard InChI is InChI=1S/C12H13ClN2O2S/c1-3-15-11(16)10(18-12(15)17)14-8-5-4-7(2)9(13)6-8/h4-6,10,14H,3H2,1-2H3/t10-/m0/s1. The predicted molar refractivity (Wildman–Crippen MR) is 74.0 cm³/mol. The van der Waals surface area contributed by atoms with Gasteiger partial charge in [0.05, 0.1) is 0 Å². The van der Waals surface area contributed by atoms with Gasteiger partial charge >= 0.3 is 0 Å². The number of nitrogens with zero attached hydrogens (tertiary/aromatic N) is 1. The number of nitrogens with one attached hydrogen (secondary N) is 1. The van der Waals surface area contributed by atoms with Crippen molar-refractivity contribution < 1.29 is 9.59 Å². The minimum absolute atomic E-state index is 0.204. The van der Waals surface area contributed by atoms with Gasteiger partial charge in [-0.25, -0.2) is 0 Å². The van der Waals surface area contributed by atoms with E-state index in [-0.39, 0.29) is 11.1 Å². The number of imide groups is 1. The van der Waals surface area contributed by atoms with Gasteiger partial charge < -0.3 is 5.32 Å². The zero-order valence-corrected chi connectivity index (χ0v) is 11.6. The summed E-state index contributed by atoms with van der Waals surface area (Å²) in [7, 11) is 0. The minimum atomic E-state index is -0.559. The highest BCUT2D eigenvalue weighted by Crippen LogP contribution is 2.29. The van der Waals surface area contributed by atoms with Gasteiger partial charge in [0.1, 0.15) is 0 Å². The van der Waals surface area contributed by atoms with Crippen LogP contribution in [0.25, 0.3) is 0 Å². The highest BCUT2D eigenvalue weighted by molar-refractivity contribution is 8.15. The van der Waals surface area contributed by atoms with E-state index >= 15 is 0 Å². The van der Waals surface area contributed by atoms with E-state index < -0.39 is 5.37 Å². The number of halogens is 1. The number of carbonyl (C=O) groups excluding carboxylic acids is 2. The lowest BCUT2D eigenvalue weighted by Gasteiger charge is -2.13. The number of rotatable bonds is 3. The van der Waals surface area contributed by atoms with Crippen LogP contribution in [0.5, 0.6) is 0 Å². The molecule has 1 aliphatic heterocycles. The molecule has 96 valence electrons. The zero-order chi connectivity index (χ0) is 13.3. The Kier molecular flexibility index (Phi) is 3.82. The second-order valence-electron chi connectivity index (χ2n) is 3.95. The van der Waals surface area contributed by atoms with Crippen molar-refractivity contribution in [1.29, 1.82) is 0 Å². The smallest absolute Gasteiger partial charge is 0.290 e. The van der Waals surface area contributed by atoms with Gasteiger partial charge in [0.15, 0.2) is 5.37 Å². The van der Waals surface area contributed by atoms with E-state index in [1.165, 1.54) is 4.90 Å². The lowest BCUT2D eigenvalue weighted by Crippen LogP contribution is -2.34. The van der Waals surface area contributed by atoms with Crippen molar-refractivity contribution in [3.05, 3.63) is 28.8 Å². The fraction of sp³-hybridized carbons (Fsp3) is 0.333. The van der Waals surface area contributed by atoms with Crippen molar-refractivity contribution >= 4 is 40.2 Å². The van der Waals surface area contributed by atoms with Gasteiger partial charge in [0.25, 0.3) is 11.1 Å². The van der Waals surface area contributed by atoms with Crippen molar-refractivity contribution in [3.63, 3.8) is 0 Å². The maximum atomic E-state index is 11.9. The Morgan fingerprint density at radius 3 is 2.72 bits per heavy atom. The molecule has 18 heavy (non-hydrogen) atoms. The third kappa shape index (κ3) is 2.47. The number of benzene rings is 1. The Morgan fingerprint density at radius 2 is 2.17 bits per heavy atom. The van der Waals surface area contributed by atoms with Gasteiger partial charge in [-0.2, -0.15) is 0 Å². The summed E-state index contributed by atoms with van der Waals surface area (Å²) in [5.41, 5.74) is 1.71. The van der Waals surface area contributed by atoms with E-state index in [4.69, 9.17) is 11.6 Å². The highest BCUT2D eigenvalue weighted by Gasteiger charge is 2.38. The number of thioether (sulfide) groups is 1. The summed E-state index contributed by atoms with van der Waals surface area (Å²) in [6, 6.07) is 5.46. The van der Waals surface area contributed by atoms with E-state index in [2.05, 4.69) is 5.32 Å². The number of anilines is 1. The molecular weight excluding hydrogens is 272 g/mol. The summed E-state index contributed by atoms with van der Waals surface area (Å²) in [4.78, 5) is 24.7. The first-order valence-corrected chi connectivity index (χ1v) is 6.83. The highest BCUT2D eigenvalue weighted by atomic mass is 35.5. The number of amides is 2. The lowest BCUT2D eigenvalue weighted by atomic mass is 10.2. The van der Waals surface area contributed by atoms with Gasteiger partial charge in [0.2, 0.25) is 0 Å². The van der Waals surface area contributed by atoms with Crippen LogP contribution in [-0.4, -0.2) is 28.0 Å². The number of aryl methyl sites for hydroxylation is 1. The Morgan fingerprint density at radius 1 is 1.44 bits per heavy atom. The average Bonchev–Trinajstić information content (AvgIpc) is 2.59. The molecule has 4 nitrogen and oxygen atoms in total. The van der Waals surface area contributed by atoms with Crippen LogP contribution in [0, 0.1) is 6.92 Å². The molecule has 0 aromatic heterocycles. The number of hydrogen-bond acceptors (Lipinski definition) is 4. The van der Waals surface area contributed by atoms with Crippen LogP contribution < -0.4 is 5.32 Å². The van der Waals surface area contributed by atoms with Crippen LogP contribution in [-0.2, 0) is 4.79 Å². The van der Waals surface area contributed by atoms with Gasteiger partial charge in [-0.05, 0) is 43.3 Å². The largest absolute Gasteiger partial charge is 0.365 e. The monoisotopic (exact) mass is 284 g/mol. The average molecular weight is 285 g/mol. The molecule has 1 aliphatic rings. The molecule has 2 amide bonds. The number of hydrogen-bond donors (Lipinski definition) is 1. The molecule has 0 aliphatic carbocycles. The van der Waals surface area contributed by atoms with Gasteiger partial charge in [-0.1, -0.05) is 17.7 Å². The SMILES string of the molecule is CCN1C(=O)S[C@H](Nc2ccc(C)c(Cl)c2)C1=O. The summed E-state index contributed by atoms with van der Waals surface area (Å²) < 4.78 is 0. The molecule has 1 N–H and O–H groups in total. The maximum Gasteiger partial charge on any atom is 0.290 e. The number of carbonyl (C=O) groups is 2. The summed E-state index contributed by atoms with van der Waals surface area (Å²) in [5.74, 6) is -0.204. The fourth-order valence-corrected chi connectivity index (χ4v) is 2.81. The van der Waals surface area contributed by atoms with Crippen LogP contribution in [0.15, 0.2) is 18.2 Å². The van der Waals surface area contributed by atoms with E-state index in [1.54, 1.807) is 13.0 Å². The third-order valence-electron chi connectivity index (χ3n) is 2.72. The molecule has 1 fully saturated rings. The molecule has 0 bridgehead atoms. The van der Waals surface area contributed by atoms with Crippen molar-refractivity contribution in [1.82, 2.24) is 4.90 Å². The zero-order valence-electron chi connectivity index (χ0n) is 10.1. The van der Waals surface area contributed by atoms with Crippen LogP contribution in [0.1, 0.15) is 12.5 Å². The lowest BCUT2D eigenvalue weighted by molar-refractivity contribution is -0.126. The number of likely N-dealkylation sites (N-methyl/N-ethyl adjacent to an activating group) is 1. The van der Waals surface area contributed by atoms with Crippen molar-refractivity contribution in [3.8, 4) is 0 Å². The van der Waals surface area contributed by atoms with E-state index in [1.807, 2.05) is 19.1 Å². The topological polar surface area (TPSA) is 49.4 Å². The van der Waals surface area contributed by atoms with Gasteiger partial charge in [-0.3, -0.25) is 14.5 Å². The molecule has 2 rings (SSSR count). The molecule has 0 spiro atoms. The first kappa shape index (κ1) is 13.2. The van der Waals surface area contributed by atoms with E-state index in [0.717, 1.165) is 23.0 Å². The van der Waals surface area contributed by atoms with Crippen LogP contribution in [0.3, 0.4) is 0 Å². The Balaban J connectivity index is 2.13. The first-order valence-electron chi connectivity index (χ1n) is 5.57. The molecule has 1 aromatic carbocycles. The van der Waals surface area contributed by atoms with Crippen molar-refractivity contribution in [2.45, 2.75) is 19.2 Å². The quantitative estimate of drug-likeness (QED) is 0.927. The maximum absolute atomic E-state index is 11.9. The fourth-order valence-electron chi connectivity index (χ4n) is 1.66. The molecular formula is C12H13ClN2O2S. The molecule has 0 radical (unpaired) electrons. The first-order chi connectivity index (χ1) is 8.52. The Bertz CT molecular complexity index is 507. The molecule has 1 heterocycles. The molecule has 0 saturated carbocycles. The summed E-state index contributed by atoms with van der Waals surface area (Å²) in [5, 5.41) is 2.88. The Labute approximate surface area is 115 Å². The van der Waals surface area contributed by atoms with Crippen LogP contribution in [0.4, 0.5) is 10.5 Å². The van der Waals surface area contributed by atoms with Crippen molar-refractivity contribution in [2.75, 3.05) is 11.9 Å².